The van der Waals surface area contributed by atoms with E-state index in [0.717, 1.165) is 22.6 Å². The van der Waals surface area contributed by atoms with Crippen LogP contribution in [-0.4, -0.2) is 16.3 Å². The van der Waals surface area contributed by atoms with Gasteiger partial charge in [-0.15, -0.1) is 0 Å². The summed E-state index contributed by atoms with van der Waals surface area (Å²) in [4.78, 5) is 19.2. The Bertz CT molecular complexity index is 762. The summed E-state index contributed by atoms with van der Waals surface area (Å²) in [5, 5.41) is 0. The molecule has 0 bridgehead atoms. The third-order valence-corrected chi connectivity index (χ3v) is 2.96. The molecule has 0 saturated heterocycles. The summed E-state index contributed by atoms with van der Waals surface area (Å²) in [5.74, 6) is 1.72. The Kier molecular flexibility index (Phi) is 3.13. The molecule has 98 valence electrons. The van der Waals surface area contributed by atoms with Crippen LogP contribution in [-0.2, 0) is 0 Å². The molecule has 4 heteroatoms. The lowest BCUT2D eigenvalue weighted by atomic mass is 10.1. The number of nitrogens with zero attached hydrogens (tertiary/aromatic N) is 2. The lowest BCUT2D eigenvalue weighted by Gasteiger charge is -2.03. The van der Waals surface area contributed by atoms with Crippen molar-refractivity contribution < 1.29 is 9.21 Å². The maximum atomic E-state index is 10.7. The normalized spacial score (nSPS) is 10.4. The van der Waals surface area contributed by atoms with Crippen molar-refractivity contribution >= 4 is 6.29 Å². The summed E-state index contributed by atoms with van der Waals surface area (Å²) < 4.78 is 5.43. The highest BCUT2D eigenvalue weighted by molar-refractivity contribution is 5.74. The monoisotopic (exact) mass is 264 g/mol. The van der Waals surface area contributed by atoms with E-state index >= 15 is 0 Å². The standard InChI is InChI=1S/C16H12N2O2/c1-11-17-8-7-15(18-11)12-3-2-4-13(9-12)16-6-5-14(10-19)20-16/h2-10H,1H3. The second kappa shape index (κ2) is 5.09. The Balaban J connectivity index is 2.03. The average Bonchev–Trinajstić information content (AvgIpc) is 2.96. The van der Waals surface area contributed by atoms with Crippen LogP contribution in [0.5, 0.6) is 0 Å². The smallest absolute Gasteiger partial charge is 0.185 e. The number of hydrogen-bond acceptors (Lipinski definition) is 4. The highest BCUT2D eigenvalue weighted by atomic mass is 16.3. The molecule has 0 amide bonds. The molecule has 4 nitrogen and oxygen atoms in total. The second-order valence-corrected chi connectivity index (χ2v) is 4.39. The number of aryl methyl sites for hydroxylation is 1. The minimum Gasteiger partial charge on any atom is -0.453 e. The molecular formula is C16H12N2O2. The zero-order valence-corrected chi connectivity index (χ0v) is 10.9. The van der Waals surface area contributed by atoms with Crippen molar-refractivity contribution in [2.24, 2.45) is 0 Å². The predicted molar refractivity (Wildman–Crippen MR) is 75.3 cm³/mol. The third-order valence-electron chi connectivity index (χ3n) is 2.96. The van der Waals surface area contributed by atoms with Crippen molar-refractivity contribution in [2.75, 3.05) is 0 Å². The van der Waals surface area contributed by atoms with E-state index in [4.69, 9.17) is 4.42 Å². The van der Waals surface area contributed by atoms with Gasteiger partial charge >= 0.3 is 0 Å². The quantitative estimate of drug-likeness (QED) is 0.679. The number of carbonyl (C=O) groups is 1. The van der Waals surface area contributed by atoms with Gasteiger partial charge in [0.05, 0.1) is 5.69 Å². The van der Waals surface area contributed by atoms with Crippen LogP contribution in [0.4, 0.5) is 0 Å². The topological polar surface area (TPSA) is 56.0 Å². The SMILES string of the molecule is Cc1nccc(-c2cccc(-c3ccc(C=O)o3)c2)n1. The highest BCUT2D eigenvalue weighted by Gasteiger charge is 2.06. The zero-order chi connectivity index (χ0) is 13.9. The number of carbonyl (C=O) groups excluding carboxylic acids is 1. The zero-order valence-electron chi connectivity index (χ0n) is 10.9. The van der Waals surface area contributed by atoms with Gasteiger partial charge in [0.25, 0.3) is 0 Å². The van der Waals surface area contributed by atoms with Crippen molar-refractivity contribution in [3.05, 3.63) is 60.2 Å². The molecule has 0 atom stereocenters. The minimum absolute atomic E-state index is 0.322. The molecule has 0 unspecified atom stereocenters. The Morgan fingerprint density at radius 1 is 1.10 bits per heavy atom. The summed E-state index contributed by atoms with van der Waals surface area (Å²) in [6.07, 6.45) is 2.43. The van der Waals surface area contributed by atoms with Gasteiger partial charge in [0.15, 0.2) is 12.0 Å². The maximum Gasteiger partial charge on any atom is 0.185 e. The van der Waals surface area contributed by atoms with Crippen LogP contribution < -0.4 is 0 Å². The van der Waals surface area contributed by atoms with E-state index in [1.54, 1.807) is 18.3 Å². The first-order valence-corrected chi connectivity index (χ1v) is 6.22. The lowest BCUT2D eigenvalue weighted by Crippen LogP contribution is -1.89. The molecule has 1 aromatic carbocycles. The molecular weight excluding hydrogens is 252 g/mol. The largest absolute Gasteiger partial charge is 0.453 e. The van der Waals surface area contributed by atoms with Crippen LogP contribution in [0.2, 0.25) is 0 Å². The molecule has 3 aromatic rings. The van der Waals surface area contributed by atoms with Crippen LogP contribution in [0.1, 0.15) is 16.4 Å². The van der Waals surface area contributed by atoms with Crippen molar-refractivity contribution in [2.45, 2.75) is 6.92 Å². The van der Waals surface area contributed by atoms with Crippen molar-refractivity contribution in [1.82, 2.24) is 9.97 Å². The molecule has 0 radical (unpaired) electrons. The van der Waals surface area contributed by atoms with Gasteiger partial charge in [-0.3, -0.25) is 4.79 Å². The molecule has 3 rings (SSSR count). The number of hydrogen-bond donors (Lipinski definition) is 0. The van der Waals surface area contributed by atoms with Gasteiger partial charge in [-0.1, -0.05) is 18.2 Å². The molecule has 0 aliphatic rings. The van der Waals surface area contributed by atoms with Crippen molar-refractivity contribution in [3.8, 4) is 22.6 Å². The molecule has 2 heterocycles. The first-order valence-electron chi connectivity index (χ1n) is 6.22. The Morgan fingerprint density at radius 2 is 1.95 bits per heavy atom. The van der Waals surface area contributed by atoms with Gasteiger partial charge in [-0.05, 0) is 31.2 Å². The molecule has 0 fully saturated rings. The fourth-order valence-electron chi connectivity index (χ4n) is 2.02. The van der Waals surface area contributed by atoms with Crippen LogP contribution >= 0.6 is 0 Å². The maximum absolute atomic E-state index is 10.7. The van der Waals surface area contributed by atoms with Crippen LogP contribution in [0, 0.1) is 6.92 Å². The van der Waals surface area contributed by atoms with Gasteiger partial charge in [0.2, 0.25) is 0 Å². The van der Waals surface area contributed by atoms with Crippen LogP contribution in [0.25, 0.3) is 22.6 Å². The number of aromatic nitrogens is 2. The highest BCUT2D eigenvalue weighted by Crippen LogP contribution is 2.26. The van der Waals surface area contributed by atoms with Gasteiger partial charge in [-0.2, -0.15) is 0 Å². The Hall–Kier alpha value is -2.75. The number of rotatable bonds is 3. The molecule has 20 heavy (non-hydrogen) atoms. The van der Waals surface area contributed by atoms with E-state index < -0.39 is 0 Å². The molecule has 0 spiro atoms. The summed E-state index contributed by atoms with van der Waals surface area (Å²) in [5.41, 5.74) is 2.76. The van der Waals surface area contributed by atoms with Crippen LogP contribution in [0.15, 0.2) is 53.1 Å². The molecule has 0 aliphatic heterocycles. The van der Waals surface area contributed by atoms with E-state index in [0.29, 0.717) is 17.8 Å². The summed E-state index contributed by atoms with van der Waals surface area (Å²) in [7, 11) is 0. The molecule has 0 aliphatic carbocycles. The van der Waals surface area contributed by atoms with Gasteiger partial charge in [-0.25, -0.2) is 9.97 Å². The van der Waals surface area contributed by atoms with E-state index in [1.807, 2.05) is 37.3 Å². The number of benzene rings is 1. The van der Waals surface area contributed by atoms with E-state index in [-0.39, 0.29) is 0 Å². The Labute approximate surface area is 116 Å². The molecule has 0 saturated carbocycles. The summed E-state index contributed by atoms with van der Waals surface area (Å²) in [6.45, 7) is 1.86. The fourth-order valence-corrected chi connectivity index (χ4v) is 2.02. The fraction of sp³-hybridized carbons (Fsp3) is 0.0625. The van der Waals surface area contributed by atoms with Crippen molar-refractivity contribution in [1.29, 1.82) is 0 Å². The Morgan fingerprint density at radius 3 is 2.70 bits per heavy atom. The number of aldehydes is 1. The van der Waals surface area contributed by atoms with E-state index in [2.05, 4.69) is 9.97 Å². The van der Waals surface area contributed by atoms with Gasteiger partial charge in [0.1, 0.15) is 11.6 Å². The van der Waals surface area contributed by atoms with Crippen molar-refractivity contribution in [3.63, 3.8) is 0 Å². The number of furan rings is 1. The lowest BCUT2D eigenvalue weighted by molar-refractivity contribution is 0.110. The van der Waals surface area contributed by atoms with E-state index in [9.17, 15) is 4.79 Å². The van der Waals surface area contributed by atoms with Crippen LogP contribution in [0.3, 0.4) is 0 Å². The molecule has 0 N–H and O–H groups in total. The third kappa shape index (κ3) is 2.36. The summed E-state index contributed by atoms with van der Waals surface area (Å²) >= 11 is 0. The predicted octanol–water partition coefficient (Wildman–Crippen LogP) is 3.52. The van der Waals surface area contributed by atoms with Gasteiger partial charge < -0.3 is 4.42 Å². The van der Waals surface area contributed by atoms with Gasteiger partial charge in [0, 0.05) is 17.3 Å². The molecule has 2 aromatic heterocycles. The second-order valence-electron chi connectivity index (χ2n) is 4.39. The van der Waals surface area contributed by atoms with E-state index in [1.165, 1.54) is 0 Å². The first kappa shape index (κ1) is 12.3. The average molecular weight is 264 g/mol. The minimum atomic E-state index is 0.322. The first-order chi connectivity index (χ1) is 9.76. The summed E-state index contributed by atoms with van der Waals surface area (Å²) in [6, 6.07) is 13.1.